The number of ether oxygens (including phenoxy) is 2. The van der Waals surface area contributed by atoms with Crippen molar-refractivity contribution in [1.29, 1.82) is 0 Å². The second-order valence-corrected chi connectivity index (χ2v) is 3.57. The fraction of sp³-hybridized carbons (Fsp3) is 0.273. The molecule has 0 saturated carbocycles. The Labute approximate surface area is 98.1 Å². The lowest BCUT2D eigenvalue weighted by atomic mass is 10.3. The zero-order chi connectivity index (χ0) is 10.4. The molecule has 0 aromatic heterocycles. The van der Waals surface area contributed by atoms with E-state index in [1.165, 1.54) is 0 Å². The monoisotopic (exact) mass is 304 g/mol. The molecule has 0 spiro atoms. The quantitative estimate of drug-likeness (QED) is 0.471. The van der Waals surface area contributed by atoms with Crippen LogP contribution in [0.25, 0.3) is 0 Å². The molecule has 1 rings (SSSR count). The maximum absolute atomic E-state index is 5.52. The average molecular weight is 304 g/mol. The van der Waals surface area contributed by atoms with Crippen LogP contribution >= 0.6 is 22.6 Å². The molecule has 3 heteroatoms. The van der Waals surface area contributed by atoms with Crippen LogP contribution in [0.5, 0.6) is 11.5 Å². The molecule has 0 saturated heterocycles. The van der Waals surface area contributed by atoms with Crippen LogP contribution in [0.2, 0.25) is 0 Å². The summed E-state index contributed by atoms with van der Waals surface area (Å²) in [6.07, 6.45) is 0. The molecule has 0 aliphatic carbocycles. The van der Waals surface area contributed by atoms with E-state index >= 15 is 0 Å². The first kappa shape index (κ1) is 11.4. The molecule has 0 bridgehead atoms. The van der Waals surface area contributed by atoms with Gasteiger partial charge in [-0.15, -0.1) is 0 Å². The molecule has 0 radical (unpaired) electrons. The maximum Gasteiger partial charge on any atom is 0.162 e. The lowest BCUT2D eigenvalue weighted by molar-refractivity contribution is 0.317. The second-order valence-electron chi connectivity index (χ2n) is 2.95. The van der Waals surface area contributed by atoms with Crippen molar-refractivity contribution < 1.29 is 9.47 Å². The highest BCUT2D eigenvalue weighted by atomic mass is 127. The van der Waals surface area contributed by atoms with E-state index in [4.69, 9.17) is 9.47 Å². The van der Waals surface area contributed by atoms with Crippen molar-refractivity contribution in [3.05, 3.63) is 36.4 Å². The van der Waals surface area contributed by atoms with Crippen molar-refractivity contribution in [3.63, 3.8) is 0 Å². The molecule has 76 valence electrons. The molecule has 0 aliphatic rings. The van der Waals surface area contributed by atoms with Crippen LogP contribution in [0.3, 0.4) is 0 Å². The molecule has 0 N–H and O–H groups in total. The van der Waals surface area contributed by atoms with E-state index in [1.807, 2.05) is 31.2 Å². The van der Waals surface area contributed by atoms with Crippen molar-refractivity contribution >= 4 is 22.6 Å². The van der Waals surface area contributed by atoms with E-state index in [0.29, 0.717) is 11.2 Å². The zero-order valence-corrected chi connectivity index (χ0v) is 10.3. The van der Waals surface area contributed by atoms with Crippen LogP contribution in [0.1, 0.15) is 6.92 Å². The highest BCUT2D eigenvalue weighted by Gasteiger charge is 2.02. The van der Waals surface area contributed by atoms with Gasteiger partial charge in [0.25, 0.3) is 0 Å². The number of alkyl halides is 1. The average Bonchev–Trinajstić information content (AvgIpc) is 2.17. The van der Waals surface area contributed by atoms with E-state index in [2.05, 4.69) is 29.2 Å². The molecule has 0 fully saturated rings. The van der Waals surface area contributed by atoms with Crippen molar-refractivity contribution in [2.24, 2.45) is 0 Å². The van der Waals surface area contributed by atoms with E-state index in [0.717, 1.165) is 17.1 Å². The Kier molecular flexibility index (Phi) is 4.79. The molecular formula is C11H13IO2. The molecule has 0 aliphatic heterocycles. The van der Waals surface area contributed by atoms with Gasteiger partial charge in [-0.25, -0.2) is 0 Å². The molecule has 0 atom stereocenters. The SMILES string of the molecule is C=C(C)COc1ccccc1OCI. The van der Waals surface area contributed by atoms with Gasteiger partial charge in [-0.05, 0) is 47.2 Å². The van der Waals surface area contributed by atoms with Gasteiger partial charge in [-0.1, -0.05) is 18.7 Å². The van der Waals surface area contributed by atoms with Crippen LogP contribution in [0.15, 0.2) is 36.4 Å². The topological polar surface area (TPSA) is 18.5 Å². The highest BCUT2D eigenvalue weighted by molar-refractivity contribution is 14.1. The molecule has 14 heavy (non-hydrogen) atoms. The number of rotatable bonds is 5. The summed E-state index contributed by atoms with van der Waals surface area (Å²) in [7, 11) is 0. The Morgan fingerprint density at radius 2 is 1.86 bits per heavy atom. The summed E-state index contributed by atoms with van der Waals surface area (Å²) in [5.41, 5.74) is 0.995. The van der Waals surface area contributed by atoms with Gasteiger partial charge < -0.3 is 9.47 Å². The fourth-order valence-electron chi connectivity index (χ4n) is 0.948. The number of hydrogen-bond acceptors (Lipinski definition) is 2. The van der Waals surface area contributed by atoms with Crippen molar-refractivity contribution in [2.45, 2.75) is 6.92 Å². The normalized spacial score (nSPS) is 9.57. The number of para-hydroxylation sites is 2. The number of hydrogen-bond donors (Lipinski definition) is 0. The molecule has 0 heterocycles. The third-order valence-electron chi connectivity index (χ3n) is 1.53. The Morgan fingerprint density at radius 3 is 2.36 bits per heavy atom. The fourth-order valence-corrected chi connectivity index (χ4v) is 1.28. The predicted molar refractivity (Wildman–Crippen MR) is 66.3 cm³/mol. The van der Waals surface area contributed by atoms with Gasteiger partial charge in [0.05, 0.1) is 0 Å². The van der Waals surface area contributed by atoms with Gasteiger partial charge >= 0.3 is 0 Å². The Bertz CT molecular complexity index is 310. The lowest BCUT2D eigenvalue weighted by Crippen LogP contribution is -2.00. The summed E-state index contributed by atoms with van der Waals surface area (Å²) >= 11 is 2.15. The van der Waals surface area contributed by atoms with E-state index < -0.39 is 0 Å². The smallest absolute Gasteiger partial charge is 0.162 e. The minimum absolute atomic E-state index is 0.529. The Morgan fingerprint density at radius 1 is 1.29 bits per heavy atom. The van der Waals surface area contributed by atoms with Crippen LogP contribution in [-0.2, 0) is 0 Å². The molecular weight excluding hydrogens is 291 g/mol. The lowest BCUT2D eigenvalue weighted by Gasteiger charge is -2.10. The molecule has 1 aromatic rings. The van der Waals surface area contributed by atoms with Gasteiger partial charge in [0.2, 0.25) is 0 Å². The zero-order valence-electron chi connectivity index (χ0n) is 8.13. The summed E-state index contributed by atoms with van der Waals surface area (Å²) in [5.74, 6) is 1.55. The van der Waals surface area contributed by atoms with Gasteiger partial charge in [0.1, 0.15) is 11.2 Å². The number of benzene rings is 1. The van der Waals surface area contributed by atoms with Gasteiger partial charge in [0, 0.05) is 0 Å². The first-order chi connectivity index (χ1) is 6.74. The molecule has 0 unspecified atom stereocenters. The third-order valence-corrected chi connectivity index (χ3v) is 1.84. The molecule has 2 nitrogen and oxygen atoms in total. The largest absolute Gasteiger partial charge is 0.485 e. The minimum atomic E-state index is 0.529. The summed E-state index contributed by atoms with van der Waals surface area (Å²) in [4.78, 5) is 0. The Balaban J connectivity index is 2.68. The minimum Gasteiger partial charge on any atom is -0.485 e. The van der Waals surface area contributed by atoms with Crippen LogP contribution in [0.4, 0.5) is 0 Å². The van der Waals surface area contributed by atoms with Crippen molar-refractivity contribution in [3.8, 4) is 11.5 Å². The summed E-state index contributed by atoms with van der Waals surface area (Å²) in [6.45, 7) is 6.24. The predicted octanol–water partition coefficient (Wildman–Crippen LogP) is 3.41. The standard InChI is InChI=1S/C11H13IO2/c1-9(2)7-13-10-5-3-4-6-11(10)14-8-12/h3-6H,1,7-8H2,2H3. The maximum atomic E-state index is 5.52. The first-order valence-corrected chi connectivity index (χ1v) is 5.81. The van der Waals surface area contributed by atoms with Crippen molar-refractivity contribution in [1.82, 2.24) is 0 Å². The number of halogens is 1. The van der Waals surface area contributed by atoms with E-state index in [1.54, 1.807) is 0 Å². The van der Waals surface area contributed by atoms with Crippen molar-refractivity contribution in [2.75, 3.05) is 11.2 Å². The molecule has 0 amide bonds. The second kappa shape index (κ2) is 5.90. The van der Waals surface area contributed by atoms with Gasteiger partial charge in [0.15, 0.2) is 11.5 Å². The van der Waals surface area contributed by atoms with Crippen LogP contribution in [0, 0.1) is 0 Å². The van der Waals surface area contributed by atoms with E-state index in [-0.39, 0.29) is 0 Å². The van der Waals surface area contributed by atoms with Crippen LogP contribution < -0.4 is 9.47 Å². The Hall–Kier alpha value is -0.710. The third kappa shape index (κ3) is 3.57. The summed E-state index contributed by atoms with van der Waals surface area (Å²) in [6, 6.07) is 7.64. The first-order valence-electron chi connectivity index (χ1n) is 4.29. The van der Waals surface area contributed by atoms with Crippen LogP contribution in [-0.4, -0.2) is 11.2 Å². The summed E-state index contributed by atoms with van der Waals surface area (Å²) < 4.78 is 11.5. The highest BCUT2D eigenvalue weighted by Crippen LogP contribution is 2.26. The van der Waals surface area contributed by atoms with E-state index in [9.17, 15) is 0 Å². The van der Waals surface area contributed by atoms with Gasteiger partial charge in [-0.3, -0.25) is 0 Å². The summed E-state index contributed by atoms with van der Waals surface area (Å²) in [5, 5.41) is 0. The van der Waals surface area contributed by atoms with Gasteiger partial charge in [-0.2, -0.15) is 0 Å². The molecule has 1 aromatic carbocycles.